The first-order valence-corrected chi connectivity index (χ1v) is 4.45. The number of hydrogen-bond donors (Lipinski definition) is 1. The molecule has 4 heteroatoms. The maximum absolute atomic E-state index is 11.4. The molecule has 0 saturated heterocycles. The quantitative estimate of drug-likeness (QED) is 0.619. The molecule has 2 N–H and O–H groups in total. The molecular weight excluding hydrogens is 206 g/mol. The Kier molecular flexibility index (Phi) is 3.39. The number of nitrogens with two attached hydrogens (primary N) is 1. The molecule has 0 unspecified atom stereocenters. The van der Waals surface area contributed by atoms with E-state index in [1.54, 1.807) is 24.3 Å². The van der Waals surface area contributed by atoms with Gasteiger partial charge in [0.1, 0.15) is 0 Å². The van der Waals surface area contributed by atoms with Crippen LogP contribution in [0.2, 0.25) is 5.02 Å². The molecule has 1 rings (SSSR count). The molecule has 0 bridgehead atoms. The van der Waals surface area contributed by atoms with Crippen molar-refractivity contribution in [2.24, 2.45) is 5.73 Å². The van der Waals surface area contributed by atoms with Gasteiger partial charge in [-0.3, -0.25) is 4.79 Å². The van der Waals surface area contributed by atoms with Crippen LogP contribution < -0.4 is 5.73 Å². The molecule has 0 fully saturated rings. The average Bonchev–Trinajstić information content (AvgIpc) is 2.04. The molecule has 0 heterocycles. The van der Waals surface area contributed by atoms with Crippen molar-refractivity contribution in [3.05, 3.63) is 34.9 Å². The Bertz CT molecular complexity index is 334. The fourth-order valence-corrected chi connectivity index (χ4v) is 1.15. The Balaban J connectivity index is 2.78. The maximum atomic E-state index is 11.4. The number of ketones is 1. The van der Waals surface area contributed by atoms with Gasteiger partial charge in [0.15, 0.2) is 5.78 Å². The molecule has 0 aromatic heterocycles. The largest absolute Gasteiger partial charge is 0.393 e. The minimum absolute atomic E-state index is 0.0795. The Morgan fingerprint density at radius 1 is 1.38 bits per heavy atom. The Morgan fingerprint density at radius 3 is 2.38 bits per heavy atom. The molecule has 1 aromatic rings. The van der Waals surface area contributed by atoms with Crippen molar-refractivity contribution in [2.75, 3.05) is 0 Å². The number of halogens is 1. The Labute approximate surface area is 86.7 Å². The third-order valence-corrected chi connectivity index (χ3v) is 1.90. The number of benzene rings is 1. The lowest BCUT2D eigenvalue weighted by Crippen LogP contribution is -2.14. The summed E-state index contributed by atoms with van der Waals surface area (Å²) in [6.07, 6.45) is 0.108. The summed E-state index contributed by atoms with van der Waals surface area (Å²) in [4.78, 5) is 11.6. The number of carbonyl (C=O) groups excluding carboxylic acids is 1. The minimum atomic E-state index is -0.0795. The SMILES string of the molecule is NC(=S)CC(=O)c1ccc(Cl)cc1. The summed E-state index contributed by atoms with van der Waals surface area (Å²) >= 11 is 10.3. The van der Waals surface area contributed by atoms with E-state index in [2.05, 4.69) is 12.2 Å². The molecule has 0 aliphatic heterocycles. The lowest BCUT2D eigenvalue weighted by atomic mass is 10.1. The molecule has 0 aliphatic rings. The van der Waals surface area contributed by atoms with Crippen LogP contribution >= 0.6 is 23.8 Å². The maximum Gasteiger partial charge on any atom is 0.169 e. The first kappa shape index (κ1) is 10.2. The number of carbonyl (C=O) groups is 1. The van der Waals surface area contributed by atoms with Crippen LogP contribution in [0.15, 0.2) is 24.3 Å². The van der Waals surface area contributed by atoms with E-state index in [0.717, 1.165) is 0 Å². The van der Waals surface area contributed by atoms with Crippen LogP contribution in [-0.4, -0.2) is 10.8 Å². The van der Waals surface area contributed by atoms with Gasteiger partial charge in [0.05, 0.1) is 11.4 Å². The second-order valence-corrected chi connectivity index (χ2v) is 3.53. The summed E-state index contributed by atoms with van der Waals surface area (Å²) in [6.45, 7) is 0. The molecule has 0 spiro atoms. The van der Waals surface area contributed by atoms with Gasteiger partial charge in [-0.25, -0.2) is 0 Å². The average molecular weight is 214 g/mol. The molecule has 0 saturated carbocycles. The highest BCUT2D eigenvalue weighted by molar-refractivity contribution is 7.80. The first-order chi connectivity index (χ1) is 6.09. The van der Waals surface area contributed by atoms with Crippen molar-refractivity contribution >= 4 is 34.6 Å². The highest BCUT2D eigenvalue weighted by Gasteiger charge is 2.06. The van der Waals surface area contributed by atoms with Crippen LogP contribution in [0.3, 0.4) is 0 Å². The van der Waals surface area contributed by atoms with Gasteiger partial charge in [0.25, 0.3) is 0 Å². The van der Waals surface area contributed by atoms with E-state index in [1.807, 2.05) is 0 Å². The number of rotatable bonds is 3. The molecule has 0 aliphatic carbocycles. The number of thiocarbonyl (C=S) groups is 1. The summed E-state index contributed by atoms with van der Waals surface area (Å²) in [7, 11) is 0. The molecule has 2 nitrogen and oxygen atoms in total. The van der Waals surface area contributed by atoms with E-state index in [4.69, 9.17) is 17.3 Å². The topological polar surface area (TPSA) is 43.1 Å². The number of Topliss-reactive ketones (excluding diaryl/α,β-unsaturated/α-hetero) is 1. The summed E-state index contributed by atoms with van der Waals surface area (Å²) in [5.41, 5.74) is 5.83. The van der Waals surface area contributed by atoms with Crippen LogP contribution in [-0.2, 0) is 0 Å². The zero-order chi connectivity index (χ0) is 9.84. The third-order valence-electron chi connectivity index (χ3n) is 1.50. The third kappa shape index (κ3) is 3.13. The molecule has 0 atom stereocenters. The van der Waals surface area contributed by atoms with E-state index in [9.17, 15) is 4.79 Å². The molecule has 0 radical (unpaired) electrons. The fourth-order valence-electron chi connectivity index (χ4n) is 0.896. The monoisotopic (exact) mass is 213 g/mol. The van der Waals surface area contributed by atoms with Crippen LogP contribution in [0.5, 0.6) is 0 Å². The van der Waals surface area contributed by atoms with Gasteiger partial charge in [-0.2, -0.15) is 0 Å². The van der Waals surface area contributed by atoms with Gasteiger partial charge in [0.2, 0.25) is 0 Å². The minimum Gasteiger partial charge on any atom is -0.393 e. The predicted octanol–water partition coefficient (Wildman–Crippen LogP) is 2.20. The van der Waals surface area contributed by atoms with Crippen molar-refractivity contribution in [1.82, 2.24) is 0 Å². The van der Waals surface area contributed by atoms with Gasteiger partial charge in [-0.05, 0) is 24.3 Å². The van der Waals surface area contributed by atoms with E-state index in [-0.39, 0.29) is 17.2 Å². The molecular formula is C9H8ClNOS. The van der Waals surface area contributed by atoms with Crippen LogP contribution in [0, 0.1) is 0 Å². The summed E-state index contributed by atoms with van der Waals surface area (Å²) in [5.74, 6) is -0.0795. The smallest absolute Gasteiger partial charge is 0.169 e. The zero-order valence-electron chi connectivity index (χ0n) is 6.79. The number of hydrogen-bond acceptors (Lipinski definition) is 2. The van der Waals surface area contributed by atoms with Crippen molar-refractivity contribution in [3.63, 3.8) is 0 Å². The Hall–Kier alpha value is -0.930. The summed E-state index contributed by atoms with van der Waals surface area (Å²) in [6, 6.07) is 6.63. The van der Waals surface area contributed by atoms with Gasteiger partial charge in [-0.1, -0.05) is 23.8 Å². The zero-order valence-corrected chi connectivity index (χ0v) is 8.36. The van der Waals surface area contributed by atoms with Crippen molar-refractivity contribution < 1.29 is 4.79 Å². The van der Waals surface area contributed by atoms with Crippen molar-refractivity contribution in [3.8, 4) is 0 Å². The van der Waals surface area contributed by atoms with Crippen LogP contribution in [0.4, 0.5) is 0 Å². The second kappa shape index (κ2) is 4.35. The van der Waals surface area contributed by atoms with Crippen molar-refractivity contribution in [1.29, 1.82) is 0 Å². The Morgan fingerprint density at radius 2 is 1.92 bits per heavy atom. The lowest BCUT2D eigenvalue weighted by Gasteiger charge is -1.98. The van der Waals surface area contributed by atoms with Crippen LogP contribution in [0.1, 0.15) is 16.8 Å². The van der Waals surface area contributed by atoms with Crippen LogP contribution in [0.25, 0.3) is 0 Å². The van der Waals surface area contributed by atoms with E-state index in [0.29, 0.717) is 10.6 Å². The lowest BCUT2D eigenvalue weighted by molar-refractivity contribution is 0.100. The van der Waals surface area contributed by atoms with Gasteiger partial charge in [-0.15, -0.1) is 0 Å². The highest BCUT2D eigenvalue weighted by atomic mass is 35.5. The van der Waals surface area contributed by atoms with E-state index >= 15 is 0 Å². The molecule has 68 valence electrons. The highest BCUT2D eigenvalue weighted by Crippen LogP contribution is 2.10. The van der Waals surface area contributed by atoms with Gasteiger partial charge >= 0.3 is 0 Å². The van der Waals surface area contributed by atoms with E-state index < -0.39 is 0 Å². The molecule has 1 aromatic carbocycles. The van der Waals surface area contributed by atoms with Crippen molar-refractivity contribution in [2.45, 2.75) is 6.42 Å². The first-order valence-electron chi connectivity index (χ1n) is 3.66. The molecule has 0 amide bonds. The summed E-state index contributed by atoms with van der Waals surface area (Å²) in [5, 5.41) is 0.604. The van der Waals surface area contributed by atoms with Gasteiger partial charge in [0, 0.05) is 10.6 Å². The fraction of sp³-hybridized carbons (Fsp3) is 0.111. The molecule has 13 heavy (non-hydrogen) atoms. The van der Waals surface area contributed by atoms with E-state index in [1.165, 1.54) is 0 Å². The normalized spacial score (nSPS) is 9.62. The summed E-state index contributed by atoms with van der Waals surface area (Å²) < 4.78 is 0. The standard InChI is InChI=1S/C9H8ClNOS/c10-7-3-1-6(2-4-7)8(12)5-9(11)13/h1-4H,5H2,(H2,11,13). The second-order valence-electron chi connectivity index (χ2n) is 2.57. The van der Waals surface area contributed by atoms with Gasteiger partial charge < -0.3 is 5.73 Å². The predicted molar refractivity (Wildman–Crippen MR) is 57.2 cm³/mol.